The molecule has 2 aliphatic carbocycles. The highest BCUT2D eigenvalue weighted by molar-refractivity contribution is 7.71. The fourth-order valence-corrected chi connectivity index (χ4v) is 3.72. The highest BCUT2D eigenvalue weighted by atomic mass is 32.1. The minimum Gasteiger partial charge on any atom is -0.388 e. The van der Waals surface area contributed by atoms with E-state index in [2.05, 4.69) is 10.2 Å². The number of H-pyrrole nitrogens is 1. The van der Waals surface area contributed by atoms with E-state index in [9.17, 15) is 5.11 Å². The molecule has 1 aromatic heterocycles. The van der Waals surface area contributed by atoms with Gasteiger partial charge >= 0.3 is 0 Å². The van der Waals surface area contributed by atoms with Crippen molar-refractivity contribution >= 4 is 12.2 Å². The number of aliphatic hydroxyl groups is 1. The fourth-order valence-electron chi connectivity index (χ4n) is 3.49. The number of hydrogen-bond acceptors (Lipinski definition) is 3. The molecule has 1 heterocycles. The lowest BCUT2D eigenvalue weighted by Crippen LogP contribution is -2.18. The van der Waals surface area contributed by atoms with Gasteiger partial charge in [0, 0.05) is 6.54 Å². The molecule has 0 saturated heterocycles. The smallest absolute Gasteiger partial charge is 0.195 e. The van der Waals surface area contributed by atoms with Crippen LogP contribution in [0, 0.1) is 22.5 Å². The van der Waals surface area contributed by atoms with Crippen LogP contribution in [0.4, 0.5) is 0 Å². The molecule has 4 nitrogen and oxygen atoms in total. The summed E-state index contributed by atoms with van der Waals surface area (Å²) in [6.07, 6.45) is 5.55. The van der Waals surface area contributed by atoms with Crippen LogP contribution in [0.2, 0.25) is 0 Å². The Morgan fingerprint density at radius 3 is 2.94 bits per heavy atom. The molecule has 3 unspecified atom stereocenters. The van der Waals surface area contributed by atoms with Gasteiger partial charge in [-0.25, -0.2) is 0 Å². The number of aliphatic hydroxyl groups excluding tert-OH is 1. The molecule has 0 radical (unpaired) electrons. The van der Waals surface area contributed by atoms with Gasteiger partial charge in [-0.05, 0) is 49.2 Å². The monoisotopic (exact) mass is 239 g/mol. The Morgan fingerprint density at radius 1 is 1.44 bits per heavy atom. The van der Waals surface area contributed by atoms with Crippen molar-refractivity contribution in [2.75, 3.05) is 0 Å². The molecular formula is C11H17N3OS. The third-order valence-corrected chi connectivity index (χ3v) is 4.59. The van der Waals surface area contributed by atoms with Gasteiger partial charge in [-0.3, -0.25) is 5.10 Å². The Labute approximate surface area is 99.7 Å². The molecule has 5 heteroatoms. The van der Waals surface area contributed by atoms with E-state index in [4.69, 9.17) is 12.2 Å². The molecule has 2 N–H and O–H groups in total. The van der Waals surface area contributed by atoms with Gasteiger partial charge in [0.1, 0.15) is 6.61 Å². The van der Waals surface area contributed by atoms with Crippen molar-refractivity contribution < 1.29 is 5.11 Å². The van der Waals surface area contributed by atoms with Gasteiger partial charge in [-0.1, -0.05) is 6.42 Å². The van der Waals surface area contributed by atoms with Crippen molar-refractivity contribution in [1.82, 2.24) is 14.8 Å². The second-order valence-corrected chi connectivity index (χ2v) is 5.54. The predicted octanol–water partition coefficient (Wildman–Crippen LogP) is 1.87. The Hall–Kier alpha value is -0.680. The molecule has 0 spiro atoms. The van der Waals surface area contributed by atoms with E-state index in [-0.39, 0.29) is 6.61 Å². The molecule has 88 valence electrons. The van der Waals surface area contributed by atoms with Gasteiger partial charge in [0.2, 0.25) is 0 Å². The SMILES string of the molecule is OCc1n[nH]c(=S)n1CC1CC2CCC1C2. The molecule has 16 heavy (non-hydrogen) atoms. The highest BCUT2D eigenvalue weighted by Gasteiger charge is 2.39. The Balaban J connectivity index is 1.79. The minimum atomic E-state index is -0.0338. The summed E-state index contributed by atoms with van der Waals surface area (Å²) in [5.41, 5.74) is 0. The topological polar surface area (TPSA) is 53.8 Å². The van der Waals surface area contributed by atoms with Crippen LogP contribution >= 0.6 is 12.2 Å². The van der Waals surface area contributed by atoms with E-state index in [0.717, 1.165) is 24.3 Å². The maximum Gasteiger partial charge on any atom is 0.195 e. The largest absolute Gasteiger partial charge is 0.388 e. The number of nitrogens with one attached hydrogen (secondary N) is 1. The summed E-state index contributed by atoms with van der Waals surface area (Å²) < 4.78 is 2.62. The fraction of sp³-hybridized carbons (Fsp3) is 0.818. The normalized spacial score (nSPS) is 32.4. The van der Waals surface area contributed by atoms with Crippen LogP contribution in [-0.2, 0) is 13.2 Å². The van der Waals surface area contributed by atoms with Crippen LogP contribution in [0.25, 0.3) is 0 Å². The van der Waals surface area contributed by atoms with Gasteiger partial charge in [-0.2, -0.15) is 5.10 Å². The summed E-state index contributed by atoms with van der Waals surface area (Å²) in [7, 11) is 0. The number of hydrogen-bond donors (Lipinski definition) is 2. The molecule has 0 amide bonds. The Morgan fingerprint density at radius 2 is 2.31 bits per heavy atom. The Bertz CT molecular complexity index is 439. The second-order valence-electron chi connectivity index (χ2n) is 5.15. The van der Waals surface area contributed by atoms with E-state index in [0.29, 0.717) is 10.6 Å². The molecule has 2 bridgehead atoms. The third kappa shape index (κ3) is 1.62. The van der Waals surface area contributed by atoms with Crippen molar-refractivity contribution in [2.24, 2.45) is 17.8 Å². The zero-order valence-corrected chi connectivity index (χ0v) is 10.0. The molecule has 3 rings (SSSR count). The van der Waals surface area contributed by atoms with E-state index >= 15 is 0 Å². The molecule has 3 atom stereocenters. The van der Waals surface area contributed by atoms with Crippen LogP contribution in [0.1, 0.15) is 31.5 Å². The number of fused-ring (bicyclic) bond motifs is 2. The van der Waals surface area contributed by atoms with Gasteiger partial charge in [-0.15, -0.1) is 0 Å². The van der Waals surface area contributed by atoms with E-state index in [1.807, 2.05) is 4.57 Å². The summed E-state index contributed by atoms with van der Waals surface area (Å²) >= 11 is 5.19. The van der Waals surface area contributed by atoms with Crippen LogP contribution in [-0.4, -0.2) is 19.9 Å². The first-order valence-corrected chi connectivity index (χ1v) is 6.43. The zero-order valence-electron chi connectivity index (χ0n) is 9.22. The first-order valence-electron chi connectivity index (χ1n) is 6.03. The number of nitrogens with zero attached hydrogens (tertiary/aromatic N) is 2. The van der Waals surface area contributed by atoms with E-state index in [1.54, 1.807) is 0 Å². The summed E-state index contributed by atoms with van der Waals surface area (Å²) in [4.78, 5) is 0. The standard InChI is InChI=1S/C11H17N3OS/c15-6-10-12-13-11(16)14(10)5-9-4-7-1-2-8(9)3-7/h7-9,15H,1-6H2,(H,13,16). The number of aromatic amines is 1. The third-order valence-electron chi connectivity index (χ3n) is 4.28. The lowest BCUT2D eigenvalue weighted by Gasteiger charge is -2.22. The highest BCUT2D eigenvalue weighted by Crippen LogP contribution is 2.48. The van der Waals surface area contributed by atoms with Gasteiger partial charge in [0.05, 0.1) is 0 Å². The average Bonchev–Trinajstić information content (AvgIpc) is 2.96. The van der Waals surface area contributed by atoms with Crippen molar-refractivity contribution in [3.63, 3.8) is 0 Å². The van der Waals surface area contributed by atoms with Crippen molar-refractivity contribution in [2.45, 2.75) is 38.8 Å². The minimum absolute atomic E-state index is 0.0338. The molecule has 2 fully saturated rings. The lowest BCUT2D eigenvalue weighted by molar-refractivity contribution is 0.248. The van der Waals surface area contributed by atoms with Crippen LogP contribution in [0.15, 0.2) is 0 Å². The van der Waals surface area contributed by atoms with Crippen molar-refractivity contribution in [1.29, 1.82) is 0 Å². The maximum absolute atomic E-state index is 9.19. The van der Waals surface area contributed by atoms with Gasteiger partial charge in [0.25, 0.3) is 0 Å². The van der Waals surface area contributed by atoms with Crippen LogP contribution in [0.3, 0.4) is 0 Å². The molecule has 0 aromatic carbocycles. The number of aromatic nitrogens is 3. The quantitative estimate of drug-likeness (QED) is 0.792. The first-order chi connectivity index (χ1) is 7.78. The van der Waals surface area contributed by atoms with Crippen LogP contribution in [0.5, 0.6) is 0 Å². The first kappa shape index (κ1) is 10.5. The average molecular weight is 239 g/mol. The summed E-state index contributed by atoms with van der Waals surface area (Å²) in [5, 5.41) is 16.0. The predicted molar refractivity (Wildman–Crippen MR) is 62.3 cm³/mol. The molecule has 2 saturated carbocycles. The zero-order chi connectivity index (χ0) is 11.1. The number of rotatable bonds is 3. The molecule has 2 aliphatic rings. The summed E-state index contributed by atoms with van der Waals surface area (Å²) in [5.74, 6) is 3.25. The van der Waals surface area contributed by atoms with E-state index < -0.39 is 0 Å². The van der Waals surface area contributed by atoms with Crippen molar-refractivity contribution in [3.05, 3.63) is 10.6 Å². The summed E-state index contributed by atoms with van der Waals surface area (Å²) in [6, 6.07) is 0. The van der Waals surface area contributed by atoms with Crippen LogP contribution < -0.4 is 0 Å². The molecule has 0 aliphatic heterocycles. The lowest BCUT2D eigenvalue weighted by atomic mass is 9.89. The maximum atomic E-state index is 9.19. The summed E-state index contributed by atoms with van der Waals surface area (Å²) in [6.45, 7) is 0.903. The second kappa shape index (κ2) is 3.96. The van der Waals surface area contributed by atoms with Gasteiger partial charge in [0.15, 0.2) is 10.6 Å². The van der Waals surface area contributed by atoms with E-state index in [1.165, 1.54) is 25.7 Å². The molecular weight excluding hydrogens is 222 g/mol. The Kier molecular flexibility index (Phi) is 2.59. The van der Waals surface area contributed by atoms with Crippen molar-refractivity contribution in [3.8, 4) is 0 Å². The molecule has 1 aromatic rings. The van der Waals surface area contributed by atoms with Gasteiger partial charge < -0.3 is 9.67 Å².